The molecule has 22 heavy (non-hydrogen) atoms. The van der Waals surface area contributed by atoms with Crippen LogP contribution in [0.4, 0.5) is 0 Å². The number of carbonyl (C=O) groups is 1. The van der Waals surface area contributed by atoms with Crippen LogP contribution in [-0.4, -0.2) is 17.4 Å². The first-order valence-corrected chi connectivity index (χ1v) is 6.67. The lowest BCUT2D eigenvalue weighted by molar-refractivity contribution is -0.124. The normalized spacial score (nSPS) is 12.3. The van der Waals surface area contributed by atoms with Gasteiger partial charge in [0.1, 0.15) is 0 Å². The maximum atomic E-state index is 12.1. The number of pyridine rings is 1. The van der Waals surface area contributed by atoms with E-state index in [4.69, 9.17) is 5.73 Å². The van der Waals surface area contributed by atoms with Gasteiger partial charge in [-0.3, -0.25) is 9.78 Å². The van der Waals surface area contributed by atoms with Crippen LogP contribution >= 0.6 is 24.8 Å². The van der Waals surface area contributed by atoms with Gasteiger partial charge in [0.2, 0.25) is 5.91 Å². The van der Waals surface area contributed by atoms with Gasteiger partial charge >= 0.3 is 0 Å². The number of nitrogens with two attached hydrogens (primary N) is 1. The van der Waals surface area contributed by atoms with Crippen LogP contribution in [0, 0.1) is 5.92 Å². The largest absolute Gasteiger partial charge is 0.345 e. The van der Waals surface area contributed by atoms with E-state index in [-0.39, 0.29) is 42.7 Å². The van der Waals surface area contributed by atoms with Gasteiger partial charge in [-0.25, -0.2) is 0 Å². The molecule has 1 aromatic heterocycles. The molecule has 0 aliphatic carbocycles. The lowest BCUT2D eigenvalue weighted by Crippen LogP contribution is -2.36. The molecule has 0 fully saturated rings. The van der Waals surface area contributed by atoms with Crippen molar-refractivity contribution in [1.29, 1.82) is 0 Å². The van der Waals surface area contributed by atoms with E-state index in [1.165, 1.54) is 0 Å². The molecule has 2 aromatic rings. The van der Waals surface area contributed by atoms with Crippen molar-refractivity contribution in [1.82, 2.24) is 10.3 Å². The predicted molar refractivity (Wildman–Crippen MR) is 93.4 cm³/mol. The third kappa shape index (κ3) is 5.30. The van der Waals surface area contributed by atoms with Gasteiger partial charge in [0.15, 0.2) is 0 Å². The maximum absolute atomic E-state index is 12.1. The SMILES string of the molecule is CC(CN)C(=O)NC(c1ccccc1)c1ccncc1.Cl.Cl. The Morgan fingerprint density at radius 1 is 1.09 bits per heavy atom. The fourth-order valence-electron chi connectivity index (χ4n) is 1.95. The smallest absolute Gasteiger partial charge is 0.224 e. The van der Waals surface area contributed by atoms with Crippen molar-refractivity contribution in [3.05, 3.63) is 66.0 Å². The number of halogens is 2. The maximum Gasteiger partial charge on any atom is 0.224 e. The van der Waals surface area contributed by atoms with Crippen molar-refractivity contribution in [2.24, 2.45) is 11.7 Å². The Kier molecular flexibility index (Phi) is 9.42. The third-order valence-electron chi connectivity index (χ3n) is 3.26. The van der Waals surface area contributed by atoms with E-state index in [0.717, 1.165) is 11.1 Å². The van der Waals surface area contributed by atoms with E-state index in [9.17, 15) is 4.79 Å². The van der Waals surface area contributed by atoms with E-state index in [1.807, 2.05) is 49.4 Å². The molecule has 2 rings (SSSR count). The second-order valence-electron chi connectivity index (χ2n) is 4.77. The Hall–Kier alpha value is -1.62. The van der Waals surface area contributed by atoms with Crippen LogP contribution in [0.1, 0.15) is 24.1 Å². The van der Waals surface area contributed by atoms with Crippen LogP contribution in [0.15, 0.2) is 54.9 Å². The number of nitrogens with one attached hydrogen (secondary N) is 1. The highest BCUT2D eigenvalue weighted by molar-refractivity contribution is 5.85. The number of rotatable bonds is 5. The molecule has 3 N–H and O–H groups in total. The molecule has 0 aliphatic rings. The molecule has 6 heteroatoms. The summed E-state index contributed by atoms with van der Waals surface area (Å²) in [5, 5.41) is 3.05. The fourth-order valence-corrected chi connectivity index (χ4v) is 1.95. The van der Waals surface area contributed by atoms with Gasteiger partial charge in [0.25, 0.3) is 0 Å². The summed E-state index contributed by atoms with van der Waals surface area (Å²) in [5.74, 6) is -0.249. The lowest BCUT2D eigenvalue weighted by Gasteiger charge is -2.21. The van der Waals surface area contributed by atoms with Crippen molar-refractivity contribution in [3.63, 3.8) is 0 Å². The second kappa shape index (κ2) is 10.2. The topological polar surface area (TPSA) is 68.0 Å². The Morgan fingerprint density at radius 3 is 2.18 bits per heavy atom. The van der Waals surface area contributed by atoms with Crippen molar-refractivity contribution < 1.29 is 4.79 Å². The highest BCUT2D eigenvalue weighted by Crippen LogP contribution is 2.21. The Morgan fingerprint density at radius 2 is 1.64 bits per heavy atom. The number of aromatic nitrogens is 1. The summed E-state index contributed by atoms with van der Waals surface area (Å²) in [6, 6.07) is 13.5. The predicted octanol–water partition coefficient (Wildman–Crippen LogP) is 2.73. The Bertz CT molecular complexity index is 512. The zero-order chi connectivity index (χ0) is 14.4. The molecule has 1 amide bonds. The first-order chi connectivity index (χ1) is 9.72. The molecule has 0 saturated carbocycles. The van der Waals surface area contributed by atoms with Gasteiger partial charge in [-0.15, -0.1) is 24.8 Å². The summed E-state index contributed by atoms with van der Waals surface area (Å²) in [5.41, 5.74) is 7.60. The van der Waals surface area contributed by atoms with Crippen molar-refractivity contribution in [3.8, 4) is 0 Å². The highest BCUT2D eigenvalue weighted by atomic mass is 35.5. The van der Waals surface area contributed by atoms with E-state index >= 15 is 0 Å². The minimum Gasteiger partial charge on any atom is -0.345 e. The van der Waals surface area contributed by atoms with Gasteiger partial charge in [-0.2, -0.15) is 0 Å². The average Bonchev–Trinajstić information content (AvgIpc) is 2.53. The van der Waals surface area contributed by atoms with E-state index in [0.29, 0.717) is 6.54 Å². The van der Waals surface area contributed by atoms with Crippen LogP contribution in [0.2, 0.25) is 0 Å². The van der Waals surface area contributed by atoms with Gasteiger partial charge in [0.05, 0.1) is 6.04 Å². The molecule has 0 radical (unpaired) electrons. The monoisotopic (exact) mass is 341 g/mol. The highest BCUT2D eigenvalue weighted by Gasteiger charge is 2.19. The van der Waals surface area contributed by atoms with Gasteiger partial charge in [0, 0.05) is 24.9 Å². The first kappa shape index (κ1) is 20.4. The summed E-state index contributed by atoms with van der Waals surface area (Å²) >= 11 is 0. The molecule has 0 aliphatic heterocycles. The van der Waals surface area contributed by atoms with Gasteiger partial charge < -0.3 is 11.1 Å². The van der Waals surface area contributed by atoms with Crippen molar-refractivity contribution in [2.75, 3.05) is 6.54 Å². The lowest BCUT2D eigenvalue weighted by atomic mass is 9.98. The van der Waals surface area contributed by atoms with E-state index < -0.39 is 0 Å². The zero-order valence-corrected chi connectivity index (χ0v) is 13.9. The number of benzene rings is 1. The van der Waals surface area contributed by atoms with Crippen LogP contribution in [-0.2, 0) is 4.79 Å². The number of hydrogen-bond acceptors (Lipinski definition) is 3. The van der Waals surface area contributed by atoms with E-state index in [2.05, 4.69) is 10.3 Å². The Labute approximate surface area is 143 Å². The second-order valence-corrected chi connectivity index (χ2v) is 4.77. The number of carbonyl (C=O) groups excluding carboxylic acids is 1. The third-order valence-corrected chi connectivity index (χ3v) is 3.26. The summed E-state index contributed by atoms with van der Waals surface area (Å²) in [4.78, 5) is 16.1. The molecule has 2 atom stereocenters. The first-order valence-electron chi connectivity index (χ1n) is 6.67. The summed E-state index contributed by atoms with van der Waals surface area (Å²) < 4.78 is 0. The molecule has 0 spiro atoms. The quantitative estimate of drug-likeness (QED) is 0.878. The van der Waals surface area contributed by atoms with Crippen LogP contribution in [0.5, 0.6) is 0 Å². The van der Waals surface area contributed by atoms with Crippen LogP contribution in [0.25, 0.3) is 0 Å². The van der Waals surface area contributed by atoms with Gasteiger partial charge in [-0.05, 0) is 23.3 Å². The molecule has 0 saturated heterocycles. The van der Waals surface area contributed by atoms with Crippen LogP contribution < -0.4 is 11.1 Å². The molecule has 2 unspecified atom stereocenters. The van der Waals surface area contributed by atoms with E-state index in [1.54, 1.807) is 12.4 Å². The number of amides is 1. The summed E-state index contributed by atoms with van der Waals surface area (Å²) in [7, 11) is 0. The van der Waals surface area contributed by atoms with Crippen LogP contribution in [0.3, 0.4) is 0 Å². The van der Waals surface area contributed by atoms with Crippen molar-refractivity contribution >= 4 is 30.7 Å². The molecule has 4 nitrogen and oxygen atoms in total. The number of hydrogen-bond donors (Lipinski definition) is 2. The summed E-state index contributed by atoms with van der Waals surface area (Å²) in [6.07, 6.45) is 3.45. The molecule has 1 heterocycles. The zero-order valence-electron chi connectivity index (χ0n) is 12.3. The minimum absolute atomic E-state index is 0. The standard InChI is InChI=1S/C16H19N3O.2ClH/c1-12(11-17)16(20)19-15(13-5-3-2-4-6-13)14-7-9-18-10-8-14;;/h2-10,12,15H,11,17H2,1H3,(H,19,20);2*1H. The Balaban J connectivity index is 0.00000220. The fraction of sp³-hybridized carbons (Fsp3) is 0.250. The average molecular weight is 342 g/mol. The molecule has 1 aromatic carbocycles. The molecular formula is C16H21Cl2N3O. The molecule has 0 bridgehead atoms. The molecule has 120 valence electrons. The van der Waals surface area contributed by atoms with Crippen molar-refractivity contribution in [2.45, 2.75) is 13.0 Å². The minimum atomic E-state index is -0.206. The van der Waals surface area contributed by atoms with Gasteiger partial charge in [-0.1, -0.05) is 37.3 Å². The summed E-state index contributed by atoms with van der Waals surface area (Å²) in [6.45, 7) is 2.16. The number of nitrogens with zero attached hydrogens (tertiary/aromatic N) is 1. The molecular weight excluding hydrogens is 321 g/mol.